The number of hydrogen-bond acceptors (Lipinski definition) is 8. The van der Waals surface area contributed by atoms with Gasteiger partial charge in [-0.2, -0.15) is 11.8 Å². The summed E-state index contributed by atoms with van der Waals surface area (Å²) >= 11 is 14.0. The fourth-order valence-electron chi connectivity index (χ4n) is 3.82. The summed E-state index contributed by atoms with van der Waals surface area (Å²) < 4.78 is 5.19. The average molecular weight is 567 g/mol. The lowest BCUT2D eigenvalue weighted by Gasteiger charge is -2.24. The molecule has 0 spiro atoms. The Bertz CT molecular complexity index is 1120. The first-order valence-electron chi connectivity index (χ1n) is 11.7. The number of benzene rings is 1. The van der Waals surface area contributed by atoms with E-state index in [9.17, 15) is 14.4 Å². The first kappa shape index (κ1) is 28.7. The third-order valence-electron chi connectivity index (χ3n) is 5.64. The maximum atomic E-state index is 13.1. The maximum Gasteiger partial charge on any atom is 0.328 e. The van der Waals surface area contributed by atoms with Crippen molar-refractivity contribution < 1.29 is 24.0 Å². The smallest absolute Gasteiger partial charge is 0.328 e. The van der Waals surface area contributed by atoms with Crippen molar-refractivity contribution in [2.45, 2.75) is 32.2 Å². The van der Waals surface area contributed by atoms with Crippen molar-refractivity contribution >= 4 is 64.1 Å². The Morgan fingerprint density at radius 3 is 2.38 bits per heavy atom. The van der Waals surface area contributed by atoms with Gasteiger partial charge in [-0.1, -0.05) is 40.5 Å². The number of halogens is 2. The predicted molar refractivity (Wildman–Crippen MR) is 145 cm³/mol. The summed E-state index contributed by atoms with van der Waals surface area (Å²) in [5.74, 6) is 0.356. The molecule has 0 bridgehead atoms. The highest BCUT2D eigenvalue weighted by molar-refractivity contribution is 7.99. The molecule has 1 aliphatic heterocycles. The Hall–Kier alpha value is -2.82. The summed E-state index contributed by atoms with van der Waals surface area (Å²) in [4.78, 5) is 47.1. The number of esters is 1. The standard InChI is InChI=1S/C25H28Cl2N4O5S/c1-3-36-25(34)20(30-24(33)22(31-35-2)16-8-10-37-11-9-16)12-15-4-6-17(7-5-15)29-23(32)21-18(26)13-28-14-19(21)27/h4-7,13-14,16,20H,3,8-12H2,1-2H3,(H,29,32)(H,30,33)/t20-/m0/s1. The predicted octanol–water partition coefficient (Wildman–Crippen LogP) is 4.38. The number of ether oxygens (including phenoxy) is 1. The molecule has 3 rings (SSSR count). The van der Waals surface area contributed by atoms with Crippen molar-refractivity contribution in [3.63, 3.8) is 0 Å². The van der Waals surface area contributed by atoms with E-state index in [4.69, 9.17) is 32.8 Å². The highest BCUT2D eigenvalue weighted by atomic mass is 35.5. The van der Waals surface area contributed by atoms with Crippen LogP contribution in [0.15, 0.2) is 41.8 Å². The molecule has 1 saturated heterocycles. The molecule has 2 heterocycles. The van der Waals surface area contributed by atoms with Crippen LogP contribution in [0, 0.1) is 5.92 Å². The van der Waals surface area contributed by atoms with E-state index in [0.717, 1.165) is 29.9 Å². The Morgan fingerprint density at radius 1 is 1.14 bits per heavy atom. The lowest BCUT2D eigenvalue weighted by molar-refractivity contribution is -0.146. The molecule has 1 atom stereocenters. The van der Waals surface area contributed by atoms with Crippen LogP contribution in [-0.4, -0.2) is 59.7 Å². The Morgan fingerprint density at radius 2 is 1.78 bits per heavy atom. The zero-order valence-corrected chi connectivity index (χ0v) is 22.8. The van der Waals surface area contributed by atoms with Crippen molar-refractivity contribution in [3.05, 3.63) is 57.8 Å². The number of anilines is 1. The number of aromatic nitrogens is 1. The highest BCUT2D eigenvalue weighted by Gasteiger charge is 2.30. The summed E-state index contributed by atoms with van der Waals surface area (Å²) in [5.41, 5.74) is 1.65. The van der Waals surface area contributed by atoms with Crippen LogP contribution >= 0.6 is 35.0 Å². The molecule has 2 amide bonds. The number of pyridine rings is 1. The Balaban J connectivity index is 1.71. The molecule has 1 aromatic heterocycles. The van der Waals surface area contributed by atoms with Crippen molar-refractivity contribution in [2.75, 3.05) is 30.5 Å². The summed E-state index contributed by atoms with van der Waals surface area (Å²) in [6.45, 7) is 1.88. The number of nitrogens with one attached hydrogen (secondary N) is 2. The first-order chi connectivity index (χ1) is 17.8. The van der Waals surface area contributed by atoms with Crippen molar-refractivity contribution in [1.82, 2.24) is 10.3 Å². The van der Waals surface area contributed by atoms with Crippen LogP contribution in [0.4, 0.5) is 5.69 Å². The first-order valence-corrected chi connectivity index (χ1v) is 13.6. The number of carbonyl (C=O) groups excluding carboxylic acids is 3. The highest BCUT2D eigenvalue weighted by Crippen LogP contribution is 2.25. The van der Waals surface area contributed by atoms with Gasteiger partial charge in [0.15, 0.2) is 0 Å². The average Bonchev–Trinajstić information content (AvgIpc) is 2.88. The van der Waals surface area contributed by atoms with E-state index in [1.165, 1.54) is 19.5 Å². The summed E-state index contributed by atoms with van der Waals surface area (Å²) in [6, 6.07) is 5.91. The van der Waals surface area contributed by atoms with Crippen LogP contribution < -0.4 is 10.6 Å². The second-order valence-electron chi connectivity index (χ2n) is 8.16. The van der Waals surface area contributed by atoms with Gasteiger partial charge in [0, 0.05) is 30.4 Å². The topological polar surface area (TPSA) is 119 Å². The van der Waals surface area contributed by atoms with E-state index in [2.05, 4.69) is 20.8 Å². The molecule has 0 saturated carbocycles. The summed E-state index contributed by atoms with van der Waals surface area (Å²) in [5, 5.41) is 9.75. The molecule has 9 nitrogen and oxygen atoms in total. The van der Waals surface area contributed by atoms with Gasteiger partial charge in [-0.15, -0.1) is 0 Å². The molecular weight excluding hydrogens is 539 g/mol. The van der Waals surface area contributed by atoms with Gasteiger partial charge < -0.3 is 20.2 Å². The van der Waals surface area contributed by atoms with Crippen LogP contribution in [0.5, 0.6) is 0 Å². The number of rotatable bonds is 10. The fraction of sp³-hybridized carbons (Fsp3) is 0.400. The number of nitrogens with zero attached hydrogens (tertiary/aromatic N) is 2. The molecule has 12 heteroatoms. The zero-order valence-electron chi connectivity index (χ0n) is 20.5. The van der Waals surface area contributed by atoms with E-state index in [0.29, 0.717) is 5.69 Å². The second kappa shape index (κ2) is 14.2. The molecule has 0 unspecified atom stereocenters. The van der Waals surface area contributed by atoms with Gasteiger partial charge in [-0.05, 0) is 49.0 Å². The molecule has 2 aromatic rings. The minimum absolute atomic E-state index is 0.0330. The molecule has 1 fully saturated rings. The molecule has 0 aliphatic carbocycles. The largest absolute Gasteiger partial charge is 0.464 e. The van der Waals surface area contributed by atoms with E-state index in [-0.39, 0.29) is 40.3 Å². The summed E-state index contributed by atoms with van der Waals surface area (Å²) in [6.07, 6.45) is 4.49. The molecule has 1 aromatic carbocycles. The monoisotopic (exact) mass is 566 g/mol. The second-order valence-corrected chi connectivity index (χ2v) is 10.2. The third kappa shape index (κ3) is 8.08. The SMILES string of the molecule is CCOC(=O)[C@H](Cc1ccc(NC(=O)c2c(Cl)cncc2Cl)cc1)NC(=O)C(=NOC)C1CCSCC1. The van der Waals surface area contributed by atoms with E-state index in [1.54, 1.807) is 31.2 Å². The lowest BCUT2D eigenvalue weighted by atomic mass is 9.95. The minimum atomic E-state index is -0.928. The molecule has 37 heavy (non-hydrogen) atoms. The normalized spacial score (nSPS) is 15.0. The quantitative estimate of drug-likeness (QED) is 0.249. The van der Waals surface area contributed by atoms with Crippen LogP contribution in [0.3, 0.4) is 0 Å². The van der Waals surface area contributed by atoms with Gasteiger partial charge >= 0.3 is 5.97 Å². The van der Waals surface area contributed by atoms with E-state index >= 15 is 0 Å². The number of oxime groups is 1. The molecular formula is C25H28Cl2N4O5S. The van der Waals surface area contributed by atoms with Crippen molar-refractivity contribution in [3.8, 4) is 0 Å². The van der Waals surface area contributed by atoms with Crippen LogP contribution in [0.2, 0.25) is 10.0 Å². The number of hydrogen-bond donors (Lipinski definition) is 2. The molecule has 198 valence electrons. The molecule has 1 aliphatic rings. The van der Waals surface area contributed by atoms with Crippen LogP contribution in [0.1, 0.15) is 35.7 Å². The van der Waals surface area contributed by atoms with Crippen LogP contribution in [-0.2, 0) is 25.6 Å². The Labute approximate surface area is 229 Å². The van der Waals surface area contributed by atoms with Crippen molar-refractivity contribution in [2.24, 2.45) is 11.1 Å². The van der Waals surface area contributed by atoms with E-state index < -0.39 is 23.8 Å². The lowest BCUT2D eigenvalue weighted by Crippen LogP contribution is -2.48. The third-order valence-corrected chi connectivity index (χ3v) is 7.26. The number of carbonyl (C=O) groups is 3. The summed E-state index contributed by atoms with van der Waals surface area (Å²) in [7, 11) is 1.39. The van der Waals surface area contributed by atoms with Gasteiger partial charge in [0.05, 0.1) is 22.2 Å². The Kier molecular flexibility index (Phi) is 11.0. The van der Waals surface area contributed by atoms with Gasteiger partial charge in [-0.25, -0.2) is 4.79 Å². The van der Waals surface area contributed by atoms with Gasteiger partial charge in [-0.3, -0.25) is 14.6 Å². The van der Waals surface area contributed by atoms with Gasteiger partial charge in [0.25, 0.3) is 11.8 Å². The number of thioether (sulfide) groups is 1. The van der Waals surface area contributed by atoms with Crippen molar-refractivity contribution in [1.29, 1.82) is 0 Å². The molecule has 2 N–H and O–H groups in total. The fourth-order valence-corrected chi connectivity index (χ4v) is 5.46. The van der Waals surface area contributed by atoms with Crippen LogP contribution in [0.25, 0.3) is 0 Å². The molecule has 0 radical (unpaired) electrons. The van der Waals surface area contributed by atoms with Gasteiger partial charge in [0.1, 0.15) is 18.9 Å². The number of amides is 2. The van der Waals surface area contributed by atoms with Gasteiger partial charge in [0.2, 0.25) is 0 Å². The maximum absolute atomic E-state index is 13.1. The van der Waals surface area contributed by atoms with E-state index in [1.807, 2.05) is 11.8 Å². The zero-order chi connectivity index (χ0) is 26.8. The minimum Gasteiger partial charge on any atom is -0.464 e.